The average molecular weight is 554 g/mol. The molecule has 5 nitrogen and oxygen atoms in total. The zero-order valence-electron chi connectivity index (χ0n) is 24.0. The van der Waals surface area contributed by atoms with E-state index in [2.05, 4.69) is 66.7 Å². The van der Waals surface area contributed by atoms with Crippen LogP contribution in [0.15, 0.2) is 115 Å². The first-order valence-electron chi connectivity index (χ1n) is 13.7. The first-order chi connectivity index (χ1) is 20.7. The molecule has 0 saturated carbocycles. The highest BCUT2D eigenvalue weighted by Crippen LogP contribution is 2.48. The number of benzene rings is 5. The van der Waals surface area contributed by atoms with Crippen molar-refractivity contribution in [2.75, 3.05) is 28.4 Å². The van der Waals surface area contributed by atoms with Gasteiger partial charge in [-0.2, -0.15) is 0 Å². The number of ether oxygens (including phenoxy) is 4. The molecule has 0 bridgehead atoms. The summed E-state index contributed by atoms with van der Waals surface area (Å²) in [5.41, 5.74) is 8.63. The summed E-state index contributed by atoms with van der Waals surface area (Å²) in [6.07, 6.45) is 0. The Morgan fingerprint density at radius 2 is 0.976 bits per heavy atom. The van der Waals surface area contributed by atoms with Crippen molar-refractivity contribution in [2.24, 2.45) is 0 Å². The molecule has 0 N–H and O–H groups in total. The van der Waals surface area contributed by atoms with E-state index in [0.29, 0.717) is 23.0 Å². The fraction of sp³-hybridized carbons (Fsp3) is 0.108. The number of pyridine rings is 1. The van der Waals surface area contributed by atoms with Crippen LogP contribution in [0.25, 0.3) is 55.5 Å². The molecule has 0 saturated heterocycles. The summed E-state index contributed by atoms with van der Waals surface area (Å²) < 4.78 is 23.2. The highest BCUT2D eigenvalue weighted by atomic mass is 16.5. The molecule has 0 unspecified atom stereocenters. The second-order valence-corrected chi connectivity index (χ2v) is 9.79. The lowest BCUT2D eigenvalue weighted by atomic mass is 9.87. The summed E-state index contributed by atoms with van der Waals surface area (Å²) in [6, 6.07) is 39.0. The maximum atomic E-state index is 5.89. The predicted octanol–water partition coefficient (Wildman–Crippen LogP) is 8.94. The standard InChI is InChI=1S/C37H31NO4/c1-39-31-22-29-30(23-32(31)40-2)38-36(35(26-18-12-7-13-19-26)34(29)25-16-10-6-11-17-25)27-20-28(24-14-8-5-9-15-24)37(42-4)33(21-27)41-3/h5-23H,1-4H3. The van der Waals surface area contributed by atoms with E-state index in [1.165, 1.54) is 0 Å². The molecule has 5 aromatic carbocycles. The van der Waals surface area contributed by atoms with Crippen LogP contribution in [0.1, 0.15) is 0 Å². The summed E-state index contributed by atoms with van der Waals surface area (Å²) >= 11 is 0. The third kappa shape index (κ3) is 4.79. The Balaban J connectivity index is 1.79. The van der Waals surface area contributed by atoms with E-state index in [-0.39, 0.29) is 0 Å². The van der Waals surface area contributed by atoms with Crippen molar-refractivity contribution >= 4 is 10.9 Å². The van der Waals surface area contributed by atoms with Gasteiger partial charge < -0.3 is 18.9 Å². The number of rotatable bonds is 8. The van der Waals surface area contributed by atoms with Crippen LogP contribution in [0.2, 0.25) is 0 Å². The Kier molecular flexibility index (Phi) is 7.48. The van der Waals surface area contributed by atoms with Crippen molar-refractivity contribution in [3.63, 3.8) is 0 Å². The second kappa shape index (κ2) is 11.7. The van der Waals surface area contributed by atoms with Crippen LogP contribution in [0.3, 0.4) is 0 Å². The maximum absolute atomic E-state index is 5.89. The number of aromatic nitrogens is 1. The Hall–Kier alpha value is -5.29. The second-order valence-electron chi connectivity index (χ2n) is 9.79. The van der Waals surface area contributed by atoms with Gasteiger partial charge in [0.2, 0.25) is 0 Å². The van der Waals surface area contributed by atoms with E-state index in [1.54, 1.807) is 28.4 Å². The maximum Gasteiger partial charge on any atom is 0.168 e. The molecule has 0 amide bonds. The van der Waals surface area contributed by atoms with E-state index >= 15 is 0 Å². The minimum Gasteiger partial charge on any atom is -0.493 e. The minimum atomic E-state index is 0.618. The fourth-order valence-electron chi connectivity index (χ4n) is 5.52. The monoisotopic (exact) mass is 553 g/mol. The van der Waals surface area contributed by atoms with Gasteiger partial charge in [-0.1, -0.05) is 91.0 Å². The lowest BCUT2D eigenvalue weighted by Crippen LogP contribution is -2.00. The number of nitrogens with zero attached hydrogens (tertiary/aromatic N) is 1. The molecule has 0 aliphatic rings. The SMILES string of the molecule is COc1cc2nc(-c3cc(OC)c(OC)c(-c4ccccc4)c3)c(-c3ccccc3)c(-c3ccccc3)c2cc1OC. The first kappa shape index (κ1) is 26.9. The van der Waals surface area contributed by atoms with Gasteiger partial charge in [-0.25, -0.2) is 4.98 Å². The number of hydrogen-bond acceptors (Lipinski definition) is 5. The zero-order valence-corrected chi connectivity index (χ0v) is 24.0. The summed E-state index contributed by atoms with van der Waals surface area (Å²) in [5, 5.41) is 0.963. The normalized spacial score (nSPS) is 10.9. The number of hydrogen-bond donors (Lipinski definition) is 0. The molecule has 0 fully saturated rings. The molecule has 42 heavy (non-hydrogen) atoms. The first-order valence-corrected chi connectivity index (χ1v) is 13.7. The van der Waals surface area contributed by atoms with Gasteiger partial charge in [0.25, 0.3) is 0 Å². The molecule has 0 radical (unpaired) electrons. The molecule has 5 heteroatoms. The third-order valence-corrected chi connectivity index (χ3v) is 7.45. The molecule has 6 rings (SSSR count). The van der Waals surface area contributed by atoms with E-state index in [0.717, 1.165) is 55.5 Å². The summed E-state index contributed by atoms with van der Waals surface area (Å²) in [7, 11) is 6.62. The topological polar surface area (TPSA) is 49.8 Å². The molecular formula is C37H31NO4. The van der Waals surface area contributed by atoms with Crippen molar-refractivity contribution < 1.29 is 18.9 Å². The molecule has 1 heterocycles. The van der Waals surface area contributed by atoms with Crippen LogP contribution in [0, 0.1) is 0 Å². The predicted molar refractivity (Wildman–Crippen MR) is 170 cm³/mol. The Morgan fingerprint density at radius 1 is 0.452 bits per heavy atom. The van der Waals surface area contributed by atoms with Crippen LogP contribution >= 0.6 is 0 Å². The van der Waals surface area contributed by atoms with E-state index in [9.17, 15) is 0 Å². The molecule has 6 aromatic rings. The smallest absolute Gasteiger partial charge is 0.168 e. The summed E-state index contributed by atoms with van der Waals surface area (Å²) in [4.78, 5) is 5.33. The lowest BCUT2D eigenvalue weighted by Gasteiger charge is -2.21. The molecule has 208 valence electrons. The van der Waals surface area contributed by atoms with Crippen molar-refractivity contribution in [1.29, 1.82) is 0 Å². The third-order valence-electron chi connectivity index (χ3n) is 7.45. The van der Waals surface area contributed by atoms with Crippen molar-refractivity contribution in [3.8, 4) is 67.6 Å². The minimum absolute atomic E-state index is 0.618. The van der Waals surface area contributed by atoms with Crippen LogP contribution in [0.5, 0.6) is 23.0 Å². The molecule has 0 aliphatic carbocycles. The van der Waals surface area contributed by atoms with Gasteiger partial charge in [-0.15, -0.1) is 0 Å². The van der Waals surface area contributed by atoms with Crippen LogP contribution in [-0.2, 0) is 0 Å². The van der Waals surface area contributed by atoms with Gasteiger partial charge in [-0.05, 0) is 34.9 Å². The molecule has 0 spiro atoms. The largest absolute Gasteiger partial charge is 0.493 e. The molecular weight excluding hydrogens is 522 g/mol. The average Bonchev–Trinajstić information content (AvgIpc) is 3.07. The quantitative estimate of drug-likeness (QED) is 0.188. The number of methoxy groups -OCH3 is 4. The molecule has 0 atom stereocenters. The highest BCUT2D eigenvalue weighted by Gasteiger charge is 2.24. The molecule has 1 aromatic heterocycles. The van der Waals surface area contributed by atoms with Gasteiger partial charge in [0.1, 0.15) is 0 Å². The van der Waals surface area contributed by atoms with Crippen molar-refractivity contribution in [1.82, 2.24) is 4.98 Å². The van der Waals surface area contributed by atoms with Gasteiger partial charge >= 0.3 is 0 Å². The van der Waals surface area contributed by atoms with Crippen LogP contribution < -0.4 is 18.9 Å². The van der Waals surface area contributed by atoms with E-state index in [1.807, 2.05) is 48.5 Å². The van der Waals surface area contributed by atoms with E-state index < -0.39 is 0 Å². The van der Waals surface area contributed by atoms with E-state index in [4.69, 9.17) is 23.9 Å². The van der Waals surface area contributed by atoms with Crippen molar-refractivity contribution in [3.05, 3.63) is 115 Å². The van der Waals surface area contributed by atoms with Gasteiger partial charge in [0.15, 0.2) is 23.0 Å². The van der Waals surface area contributed by atoms with Gasteiger partial charge in [0.05, 0.1) is 39.6 Å². The molecule has 0 aliphatic heterocycles. The fourth-order valence-corrected chi connectivity index (χ4v) is 5.52. The summed E-state index contributed by atoms with van der Waals surface area (Å²) in [6.45, 7) is 0. The summed E-state index contributed by atoms with van der Waals surface area (Å²) in [5.74, 6) is 2.56. The Bertz CT molecular complexity index is 1850. The Morgan fingerprint density at radius 3 is 1.52 bits per heavy atom. The van der Waals surface area contributed by atoms with Crippen LogP contribution in [-0.4, -0.2) is 33.4 Å². The van der Waals surface area contributed by atoms with Crippen LogP contribution in [0.4, 0.5) is 0 Å². The Labute approximate surface area is 245 Å². The lowest BCUT2D eigenvalue weighted by molar-refractivity contribution is 0.356. The highest BCUT2D eigenvalue weighted by molar-refractivity contribution is 6.08. The van der Waals surface area contributed by atoms with Gasteiger partial charge in [-0.3, -0.25) is 0 Å². The van der Waals surface area contributed by atoms with Crippen molar-refractivity contribution in [2.45, 2.75) is 0 Å². The number of fused-ring (bicyclic) bond motifs is 1. The van der Waals surface area contributed by atoms with Gasteiger partial charge in [0, 0.05) is 33.7 Å². The zero-order chi connectivity index (χ0) is 29.1.